The summed E-state index contributed by atoms with van der Waals surface area (Å²) < 4.78 is 16.2. The van der Waals surface area contributed by atoms with Crippen molar-refractivity contribution in [2.45, 2.75) is 45.1 Å². The number of ether oxygens (including phenoxy) is 3. The first-order valence-electron chi connectivity index (χ1n) is 8.88. The van der Waals surface area contributed by atoms with E-state index in [2.05, 4.69) is 12.2 Å². The fourth-order valence-corrected chi connectivity index (χ4v) is 3.80. The Bertz CT molecular complexity index is 759. The van der Waals surface area contributed by atoms with E-state index < -0.39 is 11.6 Å². The molecule has 0 saturated heterocycles. The Labute approximate surface area is 153 Å². The monoisotopic (exact) mass is 359 g/mol. The van der Waals surface area contributed by atoms with Gasteiger partial charge < -0.3 is 19.5 Å². The minimum absolute atomic E-state index is 0.325. The predicted octanol–water partition coefficient (Wildman–Crippen LogP) is 3.46. The molecule has 1 amide bonds. The van der Waals surface area contributed by atoms with E-state index in [9.17, 15) is 9.59 Å². The number of hydrogen-bond donors (Lipinski definition) is 1. The topological polar surface area (TPSA) is 73.9 Å². The Kier molecular flexibility index (Phi) is 4.94. The molecule has 0 aromatic heterocycles. The molecule has 26 heavy (non-hydrogen) atoms. The van der Waals surface area contributed by atoms with Crippen LogP contribution in [0.3, 0.4) is 0 Å². The van der Waals surface area contributed by atoms with Crippen LogP contribution < -0.4 is 14.8 Å². The fraction of sp³-hybridized carbons (Fsp3) is 0.500. The van der Waals surface area contributed by atoms with Gasteiger partial charge in [0.2, 0.25) is 0 Å². The quantitative estimate of drug-likeness (QED) is 0.834. The van der Waals surface area contributed by atoms with Crippen LogP contribution >= 0.6 is 0 Å². The molecule has 140 valence electrons. The maximum atomic E-state index is 13.1. The van der Waals surface area contributed by atoms with Crippen molar-refractivity contribution in [2.24, 2.45) is 5.92 Å². The van der Waals surface area contributed by atoms with E-state index in [4.69, 9.17) is 14.2 Å². The number of nitrogens with one attached hydrogen (secondary N) is 1. The first-order valence-corrected chi connectivity index (χ1v) is 8.88. The summed E-state index contributed by atoms with van der Waals surface area (Å²) in [6.45, 7) is 3.84. The van der Waals surface area contributed by atoms with Crippen LogP contribution in [-0.4, -0.2) is 31.7 Å². The zero-order valence-corrected chi connectivity index (χ0v) is 15.7. The minimum atomic E-state index is -0.802. The Hall–Kier alpha value is -2.50. The molecule has 3 rings (SSSR count). The molecule has 0 bridgehead atoms. The van der Waals surface area contributed by atoms with E-state index in [0.717, 1.165) is 12.8 Å². The average molecular weight is 359 g/mol. The average Bonchev–Trinajstić information content (AvgIpc) is 2.88. The SMILES string of the molecule is COc1ccc(OC)c(NC(=O)C2=C(C)C(=O)OC23CCC(C)CC3)c1. The van der Waals surface area contributed by atoms with Gasteiger partial charge in [-0.2, -0.15) is 0 Å². The molecule has 1 spiro atoms. The summed E-state index contributed by atoms with van der Waals surface area (Å²) in [6, 6.07) is 5.18. The third kappa shape index (κ3) is 3.16. The van der Waals surface area contributed by atoms with Gasteiger partial charge in [0.05, 0.1) is 25.5 Å². The van der Waals surface area contributed by atoms with Gasteiger partial charge >= 0.3 is 5.97 Å². The lowest BCUT2D eigenvalue weighted by Gasteiger charge is -2.36. The van der Waals surface area contributed by atoms with Gasteiger partial charge in [-0.05, 0) is 50.7 Å². The lowest BCUT2D eigenvalue weighted by Crippen LogP contribution is -2.40. The van der Waals surface area contributed by atoms with Crippen LogP contribution in [0.2, 0.25) is 0 Å². The summed E-state index contributed by atoms with van der Waals surface area (Å²) in [5, 5.41) is 2.88. The molecule has 1 saturated carbocycles. The number of esters is 1. The molecular formula is C20H25NO5. The minimum Gasteiger partial charge on any atom is -0.497 e. The van der Waals surface area contributed by atoms with Gasteiger partial charge in [0.15, 0.2) is 0 Å². The van der Waals surface area contributed by atoms with Crippen LogP contribution in [0, 0.1) is 5.92 Å². The summed E-state index contributed by atoms with van der Waals surface area (Å²) in [4.78, 5) is 25.3. The van der Waals surface area contributed by atoms with E-state index in [1.165, 1.54) is 7.11 Å². The van der Waals surface area contributed by atoms with Gasteiger partial charge in [-0.3, -0.25) is 4.79 Å². The van der Waals surface area contributed by atoms with Gasteiger partial charge in [0, 0.05) is 11.6 Å². The lowest BCUT2D eigenvalue weighted by atomic mass is 9.75. The molecule has 6 heteroatoms. The fourth-order valence-electron chi connectivity index (χ4n) is 3.80. The van der Waals surface area contributed by atoms with Crippen molar-refractivity contribution in [3.63, 3.8) is 0 Å². The normalized spacial score (nSPS) is 25.2. The number of hydrogen-bond acceptors (Lipinski definition) is 5. The van der Waals surface area contributed by atoms with Gasteiger partial charge in [-0.1, -0.05) is 6.92 Å². The van der Waals surface area contributed by atoms with Crippen LogP contribution in [-0.2, 0) is 14.3 Å². The molecule has 1 N–H and O–H groups in total. The van der Waals surface area contributed by atoms with Crippen molar-refractivity contribution in [1.29, 1.82) is 0 Å². The molecule has 1 aliphatic carbocycles. The molecule has 2 aliphatic rings. The number of anilines is 1. The van der Waals surface area contributed by atoms with Crippen LogP contribution in [0.25, 0.3) is 0 Å². The molecule has 1 fully saturated rings. The number of carbonyl (C=O) groups is 2. The van der Waals surface area contributed by atoms with E-state index in [0.29, 0.717) is 47.1 Å². The molecule has 1 heterocycles. The van der Waals surface area contributed by atoms with Gasteiger partial charge in [-0.15, -0.1) is 0 Å². The lowest BCUT2D eigenvalue weighted by molar-refractivity contribution is -0.150. The van der Waals surface area contributed by atoms with E-state index in [-0.39, 0.29) is 5.91 Å². The molecule has 0 unspecified atom stereocenters. The standard InChI is InChI=1S/C20H25NO5/c1-12-7-9-20(10-8-12)17(13(2)19(23)26-20)18(22)21-15-11-14(24-3)5-6-16(15)25-4/h5-6,11-12H,7-10H2,1-4H3,(H,21,22). The van der Waals surface area contributed by atoms with Crippen molar-refractivity contribution < 1.29 is 23.8 Å². The molecule has 0 radical (unpaired) electrons. The highest BCUT2D eigenvalue weighted by molar-refractivity contribution is 6.13. The Morgan fingerprint density at radius 2 is 1.92 bits per heavy atom. The second-order valence-electron chi connectivity index (χ2n) is 7.09. The zero-order valence-electron chi connectivity index (χ0n) is 15.7. The second kappa shape index (κ2) is 7.02. The van der Waals surface area contributed by atoms with Crippen molar-refractivity contribution in [2.75, 3.05) is 19.5 Å². The van der Waals surface area contributed by atoms with E-state index in [1.54, 1.807) is 32.2 Å². The van der Waals surface area contributed by atoms with Crippen LogP contribution in [0.4, 0.5) is 5.69 Å². The van der Waals surface area contributed by atoms with E-state index in [1.807, 2.05) is 0 Å². The number of amides is 1. The molecular weight excluding hydrogens is 334 g/mol. The van der Waals surface area contributed by atoms with Gasteiger partial charge in [0.25, 0.3) is 5.91 Å². The predicted molar refractivity (Wildman–Crippen MR) is 97.3 cm³/mol. The third-order valence-electron chi connectivity index (χ3n) is 5.39. The number of methoxy groups -OCH3 is 2. The first-order chi connectivity index (χ1) is 12.4. The van der Waals surface area contributed by atoms with Gasteiger partial charge in [0.1, 0.15) is 17.1 Å². The molecule has 1 aliphatic heterocycles. The van der Waals surface area contributed by atoms with Crippen molar-refractivity contribution in [3.8, 4) is 11.5 Å². The highest BCUT2D eigenvalue weighted by Crippen LogP contribution is 2.45. The van der Waals surface area contributed by atoms with Crippen molar-refractivity contribution in [1.82, 2.24) is 0 Å². The summed E-state index contributed by atoms with van der Waals surface area (Å²) in [6.07, 6.45) is 3.21. The molecule has 1 aromatic rings. The number of rotatable bonds is 4. The summed E-state index contributed by atoms with van der Waals surface area (Å²) in [5.74, 6) is 0.973. The maximum absolute atomic E-state index is 13.1. The number of benzene rings is 1. The largest absolute Gasteiger partial charge is 0.497 e. The zero-order chi connectivity index (χ0) is 18.9. The summed E-state index contributed by atoms with van der Waals surface area (Å²) >= 11 is 0. The summed E-state index contributed by atoms with van der Waals surface area (Å²) in [7, 11) is 3.09. The molecule has 1 aromatic carbocycles. The van der Waals surface area contributed by atoms with Crippen molar-refractivity contribution in [3.05, 3.63) is 29.3 Å². The highest BCUT2D eigenvalue weighted by atomic mass is 16.6. The van der Waals surface area contributed by atoms with Crippen LogP contribution in [0.5, 0.6) is 11.5 Å². The van der Waals surface area contributed by atoms with Crippen LogP contribution in [0.1, 0.15) is 39.5 Å². The highest BCUT2D eigenvalue weighted by Gasteiger charge is 2.50. The van der Waals surface area contributed by atoms with Crippen molar-refractivity contribution >= 4 is 17.6 Å². The van der Waals surface area contributed by atoms with E-state index >= 15 is 0 Å². The summed E-state index contributed by atoms with van der Waals surface area (Å²) in [5.41, 5.74) is 0.526. The Morgan fingerprint density at radius 3 is 2.54 bits per heavy atom. The smallest absolute Gasteiger partial charge is 0.335 e. The van der Waals surface area contributed by atoms with Gasteiger partial charge in [-0.25, -0.2) is 4.79 Å². The molecule has 0 atom stereocenters. The molecule has 6 nitrogen and oxygen atoms in total. The third-order valence-corrected chi connectivity index (χ3v) is 5.39. The number of carbonyl (C=O) groups excluding carboxylic acids is 2. The second-order valence-corrected chi connectivity index (χ2v) is 7.09. The van der Waals surface area contributed by atoms with Crippen LogP contribution in [0.15, 0.2) is 29.3 Å². The Balaban J connectivity index is 1.92. The maximum Gasteiger partial charge on any atom is 0.335 e. The first kappa shape index (κ1) is 18.3. The Morgan fingerprint density at radius 1 is 1.23 bits per heavy atom.